The Hall–Kier alpha value is -1.59. The number of hydrogen-bond acceptors (Lipinski definition) is 4. The van der Waals surface area contributed by atoms with Crippen molar-refractivity contribution in [1.82, 2.24) is 5.32 Å². The average Bonchev–Trinajstić information content (AvgIpc) is 2.78. The number of aliphatic hydroxyl groups is 1. The molecule has 0 bridgehead atoms. The molecule has 5 nitrogen and oxygen atoms in total. The van der Waals surface area contributed by atoms with E-state index < -0.39 is 5.60 Å². The highest BCUT2D eigenvalue weighted by Gasteiger charge is 2.39. The molecule has 1 aromatic rings. The molecule has 1 aliphatic rings. The first-order chi connectivity index (χ1) is 9.90. The van der Waals surface area contributed by atoms with Gasteiger partial charge in [0.25, 0.3) is 0 Å². The molecule has 116 valence electrons. The zero-order valence-electron chi connectivity index (χ0n) is 12.6. The van der Waals surface area contributed by atoms with Crippen LogP contribution in [0.3, 0.4) is 0 Å². The Kier molecular flexibility index (Phi) is 4.85. The van der Waals surface area contributed by atoms with Crippen LogP contribution in [0.2, 0.25) is 0 Å². The zero-order valence-corrected chi connectivity index (χ0v) is 12.6. The molecule has 0 aliphatic carbocycles. The smallest absolute Gasteiger partial charge is 0.220 e. The fourth-order valence-electron chi connectivity index (χ4n) is 2.55. The summed E-state index contributed by atoms with van der Waals surface area (Å²) >= 11 is 0. The molecule has 2 rings (SSSR count). The summed E-state index contributed by atoms with van der Waals surface area (Å²) in [5.41, 5.74) is 6.50. The lowest BCUT2D eigenvalue weighted by atomic mass is 9.95. The highest BCUT2D eigenvalue weighted by atomic mass is 16.5. The van der Waals surface area contributed by atoms with E-state index >= 15 is 0 Å². The Balaban J connectivity index is 1.83. The minimum absolute atomic E-state index is 0.0631. The summed E-state index contributed by atoms with van der Waals surface area (Å²) in [7, 11) is 0. The molecule has 1 fully saturated rings. The van der Waals surface area contributed by atoms with Crippen LogP contribution >= 0.6 is 0 Å². The predicted octanol–water partition coefficient (Wildman–Crippen LogP) is 1.42. The minimum Gasteiger partial charge on any atom is -0.399 e. The molecule has 0 radical (unpaired) electrons. The Morgan fingerprint density at radius 2 is 2.19 bits per heavy atom. The minimum atomic E-state index is -0.944. The molecule has 3 unspecified atom stereocenters. The van der Waals surface area contributed by atoms with Crippen molar-refractivity contribution in [3.63, 3.8) is 0 Å². The van der Waals surface area contributed by atoms with Gasteiger partial charge in [0, 0.05) is 31.7 Å². The van der Waals surface area contributed by atoms with Gasteiger partial charge >= 0.3 is 0 Å². The van der Waals surface area contributed by atoms with Crippen molar-refractivity contribution in [2.24, 2.45) is 0 Å². The quantitative estimate of drug-likeness (QED) is 0.717. The third-order valence-corrected chi connectivity index (χ3v) is 4.25. The lowest BCUT2D eigenvalue weighted by molar-refractivity contribution is -0.123. The first kappa shape index (κ1) is 15.8. The van der Waals surface area contributed by atoms with E-state index in [0.717, 1.165) is 5.56 Å². The molecular formula is C16H24N2O3. The standard InChI is InChI=1S/C16H24N2O3/c1-11(13-3-5-14(17)6-4-13)9-15(19)18-10-16(20)7-8-21-12(16)2/h3-6,11-12,20H,7-10,17H2,1-2H3,(H,18,19). The first-order valence-electron chi connectivity index (χ1n) is 7.37. The van der Waals surface area contributed by atoms with Crippen molar-refractivity contribution in [3.8, 4) is 0 Å². The summed E-state index contributed by atoms with van der Waals surface area (Å²) in [5, 5.41) is 13.2. The second-order valence-corrected chi connectivity index (χ2v) is 5.92. The van der Waals surface area contributed by atoms with Gasteiger partial charge in [0.2, 0.25) is 5.91 Å². The number of anilines is 1. The summed E-state index contributed by atoms with van der Waals surface area (Å²) in [5.74, 6) is 0.0457. The maximum Gasteiger partial charge on any atom is 0.220 e. The maximum atomic E-state index is 12.0. The molecule has 4 N–H and O–H groups in total. The van der Waals surface area contributed by atoms with Gasteiger partial charge in [-0.1, -0.05) is 19.1 Å². The van der Waals surface area contributed by atoms with Crippen molar-refractivity contribution in [2.75, 3.05) is 18.9 Å². The Labute approximate surface area is 125 Å². The van der Waals surface area contributed by atoms with Gasteiger partial charge in [-0.05, 0) is 30.5 Å². The second kappa shape index (κ2) is 6.45. The van der Waals surface area contributed by atoms with Crippen LogP contribution in [0, 0.1) is 0 Å². The van der Waals surface area contributed by atoms with E-state index in [-0.39, 0.29) is 24.5 Å². The number of nitrogen functional groups attached to an aromatic ring is 1. The summed E-state index contributed by atoms with van der Waals surface area (Å²) in [6.45, 7) is 4.61. The van der Waals surface area contributed by atoms with Crippen LogP contribution in [0.25, 0.3) is 0 Å². The van der Waals surface area contributed by atoms with E-state index in [4.69, 9.17) is 10.5 Å². The number of nitrogens with one attached hydrogen (secondary N) is 1. The molecule has 0 saturated carbocycles. The molecule has 21 heavy (non-hydrogen) atoms. The van der Waals surface area contributed by atoms with Gasteiger partial charge in [0.1, 0.15) is 5.60 Å². The largest absolute Gasteiger partial charge is 0.399 e. The van der Waals surface area contributed by atoms with Crippen molar-refractivity contribution in [2.45, 2.75) is 44.3 Å². The monoisotopic (exact) mass is 292 g/mol. The van der Waals surface area contributed by atoms with E-state index in [1.165, 1.54) is 0 Å². The zero-order chi connectivity index (χ0) is 15.5. The number of benzene rings is 1. The molecule has 0 spiro atoms. The number of rotatable bonds is 5. The van der Waals surface area contributed by atoms with E-state index in [2.05, 4.69) is 5.32 Å². The highest BCUT2D eigenvalue weighted by Crippen LogP contribution is 2.25. The fourth-order valence-corrected chi connectivity index (χ4v) is 2.55. The second-order valence-electron chi connectivity index (χ2n) is 5.92. The molecule has 0 aromatic heterocycles. The molecule has 1 amide bonds. The number of amides is 1. The van der Waals surface area contributed by atoms with Gasteiger partial charge in [0.05, 0.1) is 6.10 Å². The van der Waals surface area contributed by atoms with Crippen LogP contribution in [-0.4, -0.2) is 35.9 Å². The molecule has 1 saturated heterocycles. The van der Waals surface area contributed by atoms with Gasteiger partial charge in [0.15, 0.2) is 0 Å². The van der Waals surface area contributed by atoms with E-state index in [1.54, 1.807) is 0 Å². The molecule has 5 heteroatoms. The van der Waals surface area contributed by atoms with Crippen LogP contribution in [0.4, 0.5) is 5.69 Å². The van der Waals surface area contributed by atoms with Crippen LogP contribution in [0.1, 0.15) is 38.2 Å². The highest BCUT2D eigenvalue weighted by molar-refractivity contribution is 5.77. The Bertz CT molecular complexity index is 489. The van der Waals surface area contributed by atoms with Gasteiger partial charge in [-0.15, -0.1) is 0 Å². The number of carbonyl (C=O) groups is 1. The van der Waals surface area contributed by atoms with Crippen molar-refractivity contribution in [3.05, 3.63) is 29.8 Å². The normalized spacial score (nSPS) is 26.5. The summed E-state index contributed by atoms with van der Waals surface area (Å²) in [6.07, 6.45) is 0.698. The van der Waals surface area contributed by atoms with Gasteiger partial charge in [-0.25, -0.2) is 0 Å². The van der Waals surface area contributed by atoms with Crippen molar-refractivity contribution in [1.29, 1.82) is 0 Å². The van der Waals surface area contributed by atoms with Crippen LogP contribution in [0.5, 0.6) is 0 Å². The topological polar surface area (TPSA) is 84.6 Å². The van der Waals surface area contributed by atoms with Crippen LogP contribution in [0.15, 0.2) is 24.3 Å². The fraction of sp³-hybridized carbons (Fsp3) is 0.562. The summed E-state index contributed by atoms with van der Waals surface area (Å²) < 4.78 is 5.35. The van der Waals surface area contributed by atoms with Crippen LogP contribution < -0.4 is 11.1 Å². The third-order valence-electron chi connectivity index (χ3n) is 4.25. The summed E-state index contributed by atoms with van der Waals surface area (Å²) in [6, 6.07) is 7.55. The molecule has 3 atom stereocenters. The van der Waals surface area contributed by atoms with E-state index in [9.17, 15) is 9.90 Å². The van der Waals surface area contributed by atoms with Crippen LogP contribution in [-0.2, 0) is 9.53 Å². The number of hydrogen-bond donors (Lipinski definition) is 3. The van der Waals surface area contributed by atoms with Crippen molar-refractivity contribution < 1.29 is 14.6 Å². The number of carbonyl (C=O) groups excluding carboxylic acids is 1. The van der Waals surface area contributed by atoms with E-state index in [0.29, 0.717) is 25.1 Å². The Morgan fingerprint density at radius 1 is 1.52 bits per heavy atom. The predicted molar refractivity (Wildman–Crippen MR) is 81.9 cm³/mol. The van der Waals surface area contributed by atoms with Gasteiger partial charge in [-0.3, -0.25) is 4.79 Å². The number of ether oxygens (including phenoxy) is 1. The molecule has 1 aliphatic heterocycles. The molecule has 1 aromatic carbocycles. The molecular weight excluding hydrogens is 268 g/mol. The van der Waals surface area contributed by atoms with Crippen molar-refractivity contribution >= 4 is 11.6 Å². The lowest BCUT2D eigenvalue weighted by Gasteiger charge is -2.26. The van der Waals surface area contributed by atoms with Gasteiger partial charge < -0.3 is 20.9 Å². The maximum absolute atomic E-state index is 12.0. The summed E-state index contributed by atoms with van der Waals surface area (Å²) in [4.78, 5) is 12.0. The average molecular weight is 292 g/mol. The SMILES string of the molecule is CC(CC(=O)NCC1(O)CCOC1C)c1ccc(N)cc1. The van der Waals surface area contributed by atoms with Gasteiger partial charge in [-0.2, -0.15) is 0 Å². The third kappa shape index (κ3) is 3.95. The Morgan fingerprint density at radius 3 is 2.76 bits per heavy atom. The lowest BCUT2D eigenvalue weighted by Crippen LogP contribution is -2.47. The van der Waals surface area contributed by atoms with E-state index in [1.807, 2.05) is 38.1 Å². The first-order valence-corrected chi connectivity index (χ1v) is 7.37. The molecule has 1 heterocycles. The number of nitrogens with two attached hydrogens (primary N) is 1.